The summed E-state index contributed by atoms with van der Waals surface area (Å²) in [4.78, 5) is 10.9. The zero-order valence-electron chi connectivity index (χ0n) is 18.2. The van der Waals surface area contributed by atoms with Gasteiger partial charge < -0.3 is 20.0 Å². The molecule has 0 amide bonds. The fourth-order valence-corrected chi connectivity index (χ4v) is 3.62. The van der Waals surface area contributed by atoms with Crippen molar-refractivity contribution in [3.63, 3.8) is 0 Å². The molecule has 0 aliphatic rings. The number of aryl methyl sites for hydroxylation is 1. The minimum Gasteiger partial charge on any atom is -0.489 e. The Morgan fingerprint density at radius 1 is 0.848 bits per heavy atom. The fourth-order valence-electron chi connectivity index (χ4n) is 2.99. The van der Waals surface area contributed by atoms with Crippen LogP contribution >= 0.6 is 0 Å². The molecule has 33 heavy (non-hydrogen) atoms. The first-order chi connectivity index (χ1) is 15.7. The molecule has 7 nitrogen and oxygen atoms in total. The topological polar surface area (TPSA) is 114 Å². The Hall–Kier alpha value is -3.65. The molecule has 0 fully saturated rings. The molecule has 0 aliphatic carbocycles. The van der Waals surface area contributed by atoms with Gasteiger partial charge in [0.1, 0.15) is 24.7 Å². The third kappa shape index (κ3) is 7.47. The number of hydrogen-bond acceptors (Lipinski definition) is 6. The maximum Gasteiger partial charge on any atom is 0.303 e. The van der Waals surface area contributed by atoms with E-state index in [2.05, 4.69) is 0 Å². The van der Waals surface area contributed by atoms with Crippen molar-refractivity contribution in [3.8, 4) is 11.5 Å². The van der Waals surface area contributed by atoms with Crippen molar-refractivity contribution in [3.05, 3.63) is 89.5 Å². The Balaban J connectivity index is 1.47. The summed E-state index contributed by atoms with van der Waals surface area (Å²) in [7, 11) is -3.27. The number of benzene rings is 3. The first-order valence-corrected chi connectivity index (χ1v) is 12.1. The van der Waals surface area contributed by atoms with E-state index in [0.29, 0.717) is 30.1 Å². The molecule has 0 aromatic heterocycles. The molecule has 172 valence electrons. The van der Waals surface area contributed by atoms with Gasteiger partial charge in [-0.05, 0) is 59.5 Å². The molecule has 0 heterocycles. The highest BCUT2D eigenvalue weighted by Gasteiger charge is 2.09. The summed E-state index contributed by atoms with van der Waals surface area (Å²) < 4.78 is 34.5. The number of sulfone groups is 1. The zero-order valence-corrected chi connectivity index (χ0v) is 19.0. The first kappa shape index (κ1) is 24.0. The normalized spacial score (nSPS) is 11.1. The average molecular weight is 468 g/mol. The average Bonchev–Trinajstić information content (AvgIpc) is 2.80. The molecular weight excluding hydrogens is 442 g/mol. The summed E-state index contributed by atoms with van der Waals surface area (Å²) in [5, 5.41) is 16.9. The minimum atomic E-state index is -3.27. The van der Waals surface area contributed by atoms with Crippen molar-refractivity contribution in [2.45, 2.75) is 24.3 Å². The van der Waals surface area contributed by atoms with Gasteiger partial charge >= 0.3 is 5.97 Å². The summed E-state index contributed by atoms with van der Waals surface area (Å²) >= 11 is 0. The van der Waals surface area contributed by atoms with E-state index in [4.69, 9.17) is 20.0 Å². The van der Waals surface area contributed by atoms with Crippen LogP contribution in [0.3, 0.4) is 0 Å². The van der Waals surface area contributed by atoms with Crippen molar-refractivity contribution in [1.29, 1.82) is 5.41 Å². The predicted octanol–water partition coefficient (Wildman–Crippen LogP) is 4.13. The minimum absolute atomic E-state index is 0.0578. The predicted molar refractivity (Wildman–Crippen MR) is 125 cm³/mol. The molecule has 0 bridgehead atoms. The number of carboxylic acid groups (broad SMARTS) is 1. The second-order valence-corrected chi connectivity index (χ2v) is 9.55. The van der Waals surface area contributed by atoms with Crippen LogP contribution in [0.25, 0.3) is 0 Å². The highest BCUT2D eigenvalue weighted by Crippen LogP contribution is 2.18. The number of aliphatic carboxylic acids is 1. The van der Waals surface area contributed by atoms with Gasteiger partial charge in [0.05, 0.1) is 10.6 Å². The molecule has 3 aromatic rings. The number of nitrogens with one attached hydrogen (secondary N) is 1. The summed E-state index contributed by atoms with van der Waals surface area (Å²) in [5.41, 5.74) is 2.74. The molecule has 8 heteroatoms. The van der Waals surface area contributed by atoms with E-state index in [-0.39, 0.29) is 23.6 Å². The number of carbonyl (C=O) groups is 1. The van der Waals surface area contributed by atoms with Crippen LogP contribution in [0.4, 0.5) is 0 Å². The van der Waals surface area contributed by atoms with E-state index in [0.717, 1.165) is 17.4 Å². The molecule has 0 unspecified atom stereocenters. The molecule has 3 aromatic carbocycles. The van der Waals surface area contributed by atoms with Gasteiger partial charge in [0.2, 0.25) is 0 Å². The maximum atomic E-state index is 11.5. The monoisotopic (exact) mass is 467 g/mol. The van der Waals surface area contributed by atoms with Gasteiger partial charge in [-0.15, -0.1) is 0 Å². The largest absolute Gasteiger partial charge is 0.489 e. The number of carboxylic acids is 1. The van der Waals surface area contributed by atoms with Crippen molar-refractivity contribution in [1.82, 2.24) is 0 Å². The Labute approximate surface area is 193 Å². The fraction of sp³-hybridized carbons (Fsp3) is 0.200. The van der Waals surface area contributed by atoms with Crippen LogP contribution in [0.1, 0.15) is 23.1 Å². The SMILES string of the molecule is CS(=O)(=O)c1ccc(C(=N)COc2ccc(COc3ccc(CCC(=O)O)cc3)cc2)cc1. The molecule has 0 spiro atoms. The summed E-state index contributed by atoms with van der Waals surface area (Å²) in [6.45, 7) is 0.430. The van der Waals surface area contributed by atoms with E-state index >= 15 is 0 Å². The zero-order chi connectivity index (χ0) is 23.8. The molecule has 0 aliphatic heterocycles. The van der Waals surface area contributed by atoms with Crippen LogP contribution in [-0.2, 0) is 27.7 Å². The number of hydrogen-bond donors (Lipinski definition) is 2. The van der Waals surface area contributed by atoms with Gasteiger partial charge in [0.15, 0.2) is 9.84 Å². The molecule has 0 saturated heterocycles. The van der Waals surface area contributed by atoms with Crippen molar-refractivity contribution < 1.29 is 27.8 Å². The van der Waals surface area contributed by atoms with Crippen molar-refractivity contribution >= 4 is 21.5 Å². The highest BCUT2D eigenvalue weighted by molar-refractivity contribution is 7.90. The van der Waals surface area contributed by atoms with Gasteiger partial charge in [-0.3, -0.25) is 4.79 Å². The second-order valence-electron chi connectivity index (χ2n) is 7.53. The third-order valence-electron chi connectivity index (χ3n) is 4.89. The van der Waals surface area contributed by atoms with Gasteiger partial charge in [-0.25, -0.2) is 8.42 Å². The Bertz CT molecular complexity index is 1200. The summed E-state index contributed by atoms with van der Waals surface area (Å²) in [6.07, 6.45) is 1.73. The van der Waals surface area contributed by atoms with E-state index in [1.54, 1.807) is 24.3 Å². The van der Waals surface area contributed by atoms with Crippen molar-refractivity contribution in [2.75, 3.05) is 12.9 Å². The Kier molecular flexibility index (Phi) is 7.84. The van der Waals surface area contributed by atoms with Gasteiger partial charge in [-0.1, -0.05) is 36.4 Å². The summed E-state index contributed by atoms with van der Waals surface area (Å²) in [5.74, 6) is 0.492. The van der Waals surface area contributed by atoms with E-state index in [9.17, 15) is 13.2 Å². The summed E-state index contributed by atoms with van der Waals surface area (Å²) in [6, 6.07) is 20.9. The van der Waals surface area contributed by atoms with Crippen LogP contribution in [0, 0.1) is 5.41 Å². The quantitative estimate of drug-likeness (QED) is 0.410. The van der Waals surface area contributed by atoms with Crippen LogP contribution in [0.2, 0.25) is 0 Å². The third-order valence-corrected chi connectivity index (χ3v) is 6.02. The lowest BCUT2D eigenvalue weighted by atomic mass is 10.1. The Morgan fingerprint density at radius 2 is 1.39 bits per heavy atom. The lowest BCUT2D eigenvalue weighted by molar-refractivity contribution is -0.136. The highest BCUT2D eigenvalue weighted by atomic mass is 32.2. The second kappa shape index (κ2) is 10.8. The van der Waals surface area contributed by atoms with E-state index < -0.39 is 15.8 Å². The number of rotatable bonds is 11. The van der Waals surface area contributed by atoms with Crippen LogP contribution in [0.15, 0.2) is 77.7 Å². The maximum absolute atomic E-state index is 11.5. The van der Waals surface area contributed by atoms with Crippen LogP contribution < -0.4 is 9.47 Å². The number of ether oxygens (including phenoxy) is 2. The molecule has 0 saturated carbocycles. The molecule has 0 atom stereocenters. The van der Waals surface area contributed by atoms with Gasteiger partial charge in [0.25, 0.3) is 0 Å². The van der Waals surface area contributed by atoms with Crippen molar-refractivity contribution in [2.24, 2.45) is 0 Å². The molecule has 0 radical (unpaired) electrons. The van der Waals surface area contributed by atoms with E-state index in [1.165, 1.54) is 12.1 Å². The lowest BCUT2D eigenvalue weighted by Crippen LogP contribution is -2.12. The van der Waals surface area contributed by atoms with Crippen LogP contribution in [0.5, 0.6) is 11.5 Å². The molecule has 2 N–H and O–H groups in total. The standard InChI is InChI=1S/C25H25NO6S/c1-33(29,30)23-13-7-20(8-14-23)24(26)17-32-22-11-4-19(5-12-22)16-31-21-9-2-18(3-10-21)6-15-25(27)28/h2-5,7-14,26H,6,15-17H2,1H3,(H,27,28). The lowest BCUT2D eigenvalue weighted by Gasteiger charge is -2.10. The molecular formula is C25H25NO6S. The molecule has 3 rings (SSSR count). The smallest absolute Gasteiger partial charge is 0.303 e. The first-order valence-electron chi connectivity index (χ1n) is 10.2. The van der Waals surface area contributed by atoms with Gasteiger partial charge in [-0.2, -0.15) is 0 Å². The Morgan fingerprint density at radius 3 is 1.94 bits per heavy atom. The van der Waals surface area contributed by atoms with E-state index in [1.807, 2.05) is 36.4 Å². The van der Waals surface area contributed by atoms with Gasteiger partial charge in [0, 0.05) is 12.7 Å². The van der Waals surface area contributed by atoms with Crippen LogP contribution in [-0.4, -0.2) is 38.1 Å².